The molecule has 40 heavy (non-hydrogen) atoms. The van der Waals surface area contributed by atoms with Crippen LogP contribution in [0.15, 0.2) is 75.8 Å². The van der Waals surface area contributed by atoms with E-state index in [0.717, 1.165) is 16.5 Å². The van der Waals surface area contributed by atoms with E-state index in [1.165, 1.54) is 14.2 Å². The number of aromatic nitrogens is 1. The molecule has 1 atom stereocenters. The number of para-hydroxylation sites is 1. The van der Waals surface area contributed by atoms with E-state index < -0.39 is 6.04 Å². The van der Waals surface area contributed by atoms with Crippen LogP contribution in [0.5, 0.6) is 23.0 Å². The third kappa shape index (κ3) is 5.16. The normalized spacial score (nSPS) is 11.7. The number of carbonyl (C=O) groups excluding carboxylic acids is 1. The predicted octanol–water partition coefficient (Wildman–Crippen LogP) is 5.30. The number of nitrogens with two attached hydrogens (primary N) is 1. The SMILES string of the molecule is COc1ccc(-c2cnoc2-c2cc(OC)c(OC)c(OC)c2)cc1NC(=O)C(N)Cc1cc2ccccc2o1. The quantitative estimate of drug-likeness (QED) is 0.241. The Morgan fingerprint density at radius 2 is 1.62 bits per heavy atom. The summed E-state index contributed by atoms with van der Waals surface area (Å²) in [7, 11) is 6.15. The lowest BCUT2D eigenvalue weighted by Crippen LogP contribution is -2.37. The van der Waals surface area contributed by atoms with E-state index >= 15 is 0 Å². The van der Waals surface area contributed by atoms with E-state index in [2.05, 4.69) is 10.5 Å². The lowest BCUT2D eigenvalue weighted by atomic mass is 10.0. The van der Waals surface area contributed by atoms with Crippen LogP contribution >= 0.6 is 0 Å². The summed E-state index contributed by atoms with van der Waals surface area (Å²) in [5.41, 5.74) is 9.51. The van der Waals surface area contributed by atoms with Crippen LogP contribution in [0, 0.1) is 0 Å². The molecular weight excluding hydrogens is 514 g/mol. The van der Waals surface area contributed by atoms with Crippen molar-refractivity contribution in [3.05, 3.63) is 72.6 Å². The summed E-state index contributed by atoms with van der Waals surface area (Å²) in [4.78, 5) is 13.1. The number of nitrogens with zero attached hydrogens (tertiary/aromatic N) is 1. The number of carbonyl (C=O) groups is 1. The van der Waals surface area contributed by atoms with Gasteiger partial charge < -0.3 is 38.9 Å². The number of anilines is 1. The molecule has 3 N–H and O–H groups in total. The van der Waals surface area contributed by atoms with Gasteiger partial charge in [-0.05, 0) is 42.0 Å². The Morgan fingerprint density at radius 1 is 0.900 bits per heavy atom. The van der Waals surface area contributed by atoms with Crippen LogP contribution in [-0.4, -0.2) is 45.5 Å². The van der Waals surface area contributed by atoms with Crippen LogP contribution in [-0.2, 0) is 11.2 Å². The molecule has 1 amide bonds. The number of ether oxygens (including phenoxy) is 4. The van der Waals surface area contributed by atoms with Crippen molar-refractivity contribution in [1.29, 1.82) is 0 Å². The number of methoxy groups -OCH3 is 4. The number of hydrogen-bond acceptors (Lipinski definition) is 9. The molecule has 1 unspecified atom stereocenters. The lowest BCUT2D eigenvalue weighted by Gasteiger charge is -2.15. The molecule has 5 aromatic rings. The molecule has 2 aromatic heterocycles. The first-order valence-corrected chi connectivity index (χ1v) is 12.4. The number of hydrogen-bond donors (Lipinski definition) is 2. The second kappa shape index (κ2) is 11.4. The second-order valence-electron chi connectivity index (χ2n) is 8.95. The highest BCUT2D eigenvalue weighted by molar-refractivity contribution is 5.97. The fourth-order valence-corrected chi connectivity index (χ4v) is 4.51. The number of rotatable bonds is 10. The summed E-state index contributed by atoms with van der Waals surface area (Å²) in [6, 6.07) is 17.6. The van der Waals surface area contributed by atoms with E-state index in [1.54, 1.807) is 44.7 Å². The number of amides is 1. The smallest absolute Gasteiger partial charge is 0.241 e. The highest BCUT2D eigenvalue weighted by atomic mass is 16.5. The van der Waals surface area contributed by atoms with Gasteiger partial charge in [0.25, 0.3) is 0 Å². The number of benzene rings is 3. The maximum atomic E-state index is 13.1. The molecule has 0 fully saturated rings. The van der Waals surface area contributed by atoms with Crippen LogP contribution in [0.25, 0.3) is 33.4 Å². The van der Waals surface area contributed by atoms with Crippen LogP contribution in [0.3, 0.4) is 0 Å². The Bertz CT molecular complexity index is 1600. The number of fused-ring (bicyclic) bond motifs is 1. The van der Waals surface area contributed by atoms with Gasteiger partial charge in [0.1, 0.15) is 17.1 Å². The van der Waals surface area contributed by atoms with Gasteiger partial charge >= 0.3 is 0 Å². The molecule has 206 valence electrons. The van der Waals surface area contributed by atoms with Gasteiger partial charge in [-0.2, -0.15) is 0 Å². The summed E-state index contributed by atoms with van der Waals surface area (Å²) in [6.07, 6.45) is 1.83. The lowest BCUT2D eigenvalue weighted by molar-refractivity contribution is -0.117. The van der Waals surface area contributed by atoms with Crippen molar-refractivity contribution >= 4 is 22.6 Å². The fraction of sp³-hybridized carbons (Fsp3) is 0.200. The second-order valence-corrected chi connectivity index (χ2v) is 8.95. The summed E-state index contributed by atoms with van der Waals surface area (Å²) in [5, 5.41) is 7.86. The van der Waals surface area contributed by atoms with Crippen molar-refractivity contribution in [2.24, 2.45) is 5.73 Å². The minimum absolute atomic E-state index is 0.236. The third-order valence-corrected chi connectivity index (χ3v) is 6.50. The van der Waals surface area contributed by atoms with Crippen molar-refractivity contribution in [3.63, 3.8) is 0 Å². The molecule has 0 aliphatic rings. The molecule has 10 heteroatoms. The van der Waals surface area contributed by atoms with Crippen molar-refractivity contribution in [3.8, 4) is 45.4 Å². The largest absolute Gasteiger partial charge is 0.495 e. The van der Waals surface area contributed by atoms with Gasteiger partial charge in [0.2, 0.25) is 11.7 Å². The zero-order valence-electron chi connectivity index (χ0n) is 22.5. The predicted molar refractivity (Wildman–Crippen MR) is 150 cm³/mol. The third-order valence-electron chi connectivity index (χ3n) is 6.50. The van der Waals surface area contributed by atoms with Crippen LogP contribution in [0.2, 0.25) is 0 Å². The summed E-state index contributed by atoms with van der Waals surface area (Å²) < 4.78 is 33.4. The Balaban J connectivity index is 1.42. The average Bonchev–Trinajstić information content (AvgIpc) is 3.63. The molecule has 0 saturated heterocycles. The van der Waals surface area contributed by atoms with Gasteiger partial charge in [-0.1, -0.05) is 29.4 Å². The molecule has 0 saturated carbocycles. The van der Waals surface area contributed by atoms with Crippen LogP contribution in [0.1, 0.15) is 5.76 Å². The first kappa shape index (κ1) is 26.6. The van der Waals surface area contributed by atoms with Gasteiger partial charge in [-0.25, -0.2) is 0 Å². The van der Waals surface area contributed by atoms with Crippen LogP contribution in [0.4, 0.5) is 5.69 Å². The molecule has 2 heterocycles. The van der Waals surface area contributed by atoms with Crippen molar-refractivity contribution in [2.75, 3.05) is 33.8 Å². The summed E-state index contributed by atoms with van der Waals surface area (Å²) >= 11 is 0. The minimum Gasteiger partial charge on any atom is -0.495 e. The molecule has 0 aliphatic carbocycles. The standard InChI is InChI=1S/C30H29N3O7/c1-35-25-10-9-17(21-16-32-40-28(21)19-13-26(36-2)29(38-4)27(14-19)37-3)12-23(25)33-30(34)22(31)15-20-11-18-7-5-6-8-24(18)39-20/h5-14,16,22H,15,31H2,1-4H3,(H,33,34). The molecule has 0 aliphatic heterocycles. The van der Waals surface area contributed by atoms with Crippen LogP contribution < -0.4 is 30.0 Å². The Hall–Kier alpha value is -4.96. The van der Waals surface area contributed by atoms with E-state index in [9.17, 15) is 4.79 Å². The first-order chi connectivity index (χ1) is 19.4. The fourth-order valence-electron chi connectivity index (χ4n) is 4.51. The van der Waals surface area contributed by atoms with Gasteiger partial charge in [0, 0.05) is 22.9 Å². The highest BCUT2D eigenvalue weighted by Crippen LogP contribution is 2.44. The topological polar surface area (TPSA) is 131 Å². The van der Waals surface area contributed by atoms with E-state index in [4.69, 9.17) is 33.6 Å². The minimum atomic E-state index is -0.848. The van der Waals surface area contributed by atoms with E-state index in [0.29, 0.717) is 51.3 Å². The molecule has 3 aromatic carbocycles. The molecule has 5 rings (SSSR count). The summed E-state index contributed by atoms with van der Waals surface area (Å²) in [5.74, 6) is 2.60. The first-order valence-electron chi connectivity index (χ1n) is 12.4. The van der Waals surface area contributed by atoms with E-state index in [1.807, 2.05) is 36.4 Å². The summed E-state index contributed by atoms with van der Waals surface area (Å²) in [6.45, 7) is 0. The van der Waals surface area contributed by atoms with E-state index in [-0.39, 0.29) is 12.3 Å². The molecule has 10 nitrogen and oxygen atoms in total. The molecule has 0 bridgehead atoms. The van der Waals surface area contributed by atoms with Crippen molar-refractivity contribution < 1.29 is 32.7 Å². The van der Waals surface area contributed by atoms with Crippen molar-refractivity contribution in [1.82, 2.24) is 5.16 Å². The molecule has 0 radical (unpaired) electrons. The van der Waals surface area contributed by atoms with Gasteiger partial charge in [0.15, 0.2) is 17.3 Å². The average molecular weight is 544 g/mol. The van der Waals surface area contributed by atoms with Gasteiger partial charge in [-0.15, -0.1) is 0 Å². The van der Waals surface area contributed by atoms with Gasteiger partial charge in [0.05, 0.1) is 46.4 Å². The Kier molecular flexibility index (Phi) is 7.61. The zero-order valence-corrected chi connectivity index (χ0v) is 22.5. The van der Waals surface area contributed by atoms with Crippen molar-refractivity contribution in [2.45, 2.75) is 12.5 Å². The molecule has 0 spiro atoms. The Morgan fingerprint density at radius 3 is 2.30 bits per heavy atom. The number of furan rings is 1. The molecular formula is C30H29N3O7. The maximum Gasteiger partial charge on any atom is 0.241 e. The zero-order chi connectivity index (χ0) is 28.2. The monoisotopic (exact) mass is 543 g/mol. The van der Waals surface area contributed by atoms with Gasteiger partial charge in [-0.3, -0.25) is 4.79 Å². The highest BCUT2D eigenvalue weighted by Gasteiger charge is 2.22. The number of nitrogens with one attached hydrogen (secondary N) is 1. The Labute approximate surface area is 230 Å². The maximum absolute atomic E-state index is 13.1.